The number of methoxy groups -OCH3 is 1. The van der Waals surface area contributed by atoms with Crippen molar-refractivity contribution in [1.29, 1.82) is 0 Å². The van der Waals surface area contributed by atoms with Gasteiger partial charge in [-0.2, -0.15) is 13.0 Å². The van der Waals surface area contributed by atoms with E-state index >= 15 is 0 Å². The highest BCUT2D eigenvalue weighted by atomic mass is 32.2. The Morgan fingerprint density at radius 3 is 2.69 bits per heavy atom. The molecule has 0 atom stereocenters. The largest absolute Gasteiger partial charge is 0.496 e. The third-order valence-corrected chi connectivity index (χ3v) is 8.89. The number of allylic oxidation sites excluding steroid dienone is 2. The van der Waals surface area contributed by atoms with Crippen molar-refractivity contribution >= 4 is 55.5 Å². The van der Waals surface area contributed by atoms with Crippen LogP contribution in [0.2, 0.25) is 0 Å². The lowest BCUT2D eigenvalue weighted by molar-refractivity contribution is -0.673. The van der Waals surface area contributed by atoms with Gasteiger partial charge in [0.15, 0.2) is 0 Å². The van der Waals surface area contributed by atoms with Gasteiger partial charge >= 0.3 is 5.89 Å². The molecule has 0 saturated carbocycles. The van der Waals surface area contributed by atoms with Crippen LogP contribution < -0.4 is 14.2 Å². The normalized spacial score (nSPS) is 15.1. The highest BCUT2D eigenvalue weighted by Crippen LogP contribution is 2.49. The Labute approximate surface area is 233 Å². The number of ether oxygens (including phenoxy) is 1. The van der Waals surface area contributed by atoms with Crippen molar-refractivity contribution in [3.05, 3.63) is 76.7 Å². The Balaban J connectivity index is 1.56. The van der Waals surface area contributed by atoms with Crippen molar-refractivity contribution in [3.63, 3.8) is 0 Å². The lowest BCUT2D eigenvalue weighted by Gasteiger charge is -2.21. The molecule has 9 heteroatoms. The Morgan fingerprint density at radius 2 is 1.97 bits per heavy atom. The fourth-order valence-electron chi connectivity index (χ4n) is 5.05. The van der Waals surface area contributed by atoms with Gasteiger partial charge in [0.05, 0.1) is 35.0 Å². The Hall–Kier alpha value is -3.27. The van der Waals surface area contributed by atoms with Gasteiger partial charge in [-0.1, -0.05) is 43.0 Å². The highest BCUT2D eigenvalue weighted by molar-refractivity contribution is 8.03. The first-order chi connectivity index (χ1) is 18.7. The number of benzene rings is 3. The fraction of sp³-hybridized carbons (Fsp3) is 0.300. The Bertz CT molecular complexity index is 1720. The summed E-state index contributed by atoms with van der Waals surface area (Å²) in [4.78, 5) is 3.17. The van der Waals surface area contributed by atoms with Crippen LogP contribution in [0.15, 0.2) is 74.5 Å². The van der Waals surface area contributed by atoms with Gasteiger partial charge in [0.2, 0.25) is 5.58 Å². The first-order valence-corrected chi connectivity index (χ1v) is 15.5. The van der Waals surface area contributed by atoms with Gasteiger partial charge in [-0.3, -0.25) is 4.55 Å². The van der Waals surface area contributed by atoms with Gasteiger partial charge < -0.3 is 14.1 Å². The summed E-state index contributed by atoms with van der Waals surface area (Å²) in [6.45, 7) is 7.45. The molecule has 1 aliphatic heterocycles. The minimum absolute atomic E-state index is 0.286. The average Bonchev–Trinajstić information content (AvgIpc) is 3.43. The van der Waals surface area contributed by atoms with E-state index in [1.165, 1.54) is 5.39 Å². The number of fused-ring (bicyclic) bond motifs is 4. The monoisotopic (exact) mass is 565 g/mol. The highest BCUT2D eigenvalue weighted by Gasteiger charge is 2.28. The summed E-state index contributed by atoms with van der Waals surface area (Å²) in [5.41, 5.74) is 5.03. The number of aromatic nitrogens is 1. The van der Waals surface area contributed by atoms with Crippen LogP contribution in [0.4, 0.5) is 5.69 Å². The Morgan fingerprint density at radius 1 is 1.18 bits per heavy atom. The van der Waals surface area contributed by atoms with E-state index in [4.69, 9.17) is 9.15 Å². The van der Waals surface area contributed by atoms with Gasteiger partial charge in [0.25, 0.3) is 15.6 Å². The number of rotatable bonds is 9. The minimum atomic E-state index is -4.03. The number of oxazole rings is 1. The molecule has 3 aromatic carbocycles. The molecule has 0 radical (unpaired) electrons. The van der Waals surface area contributed by atoms with E-state index in [1.807, 2.05) is 25.1 Å². The molecule has 0 bridgehead atoms. The molecule has 1 aromatic heterocycles. The van der Waals surface area contributed by atoms with Crippen LogP contribution in [0.3, 0.4) is 0 Å². The smallest absolute Gasteiger partial charge is 0.374 e. The maximum absolute atomic E-state index is 11.4. The molecule has 39 heavy (non-hydrogen) atoms. The van der Waals surface area contributed by atoms with Crippen molar-refractivity contribution in [3.8, 4) is 5.75 Å². The van der Waals surface area contributed by atoms with Gasteiger partial charge in [-0.05, 0) is 73.6 Å². The third-order valence-electron chi connectivity index (χ3n) is 6.99. The summed E-state index contributed by atoms with van der Waals surface area (Å²) in [5.74, 6) is 1.31. The summed E-state index contributed by atoms with van der Waals surface area (Å²) in [5, 5.41) is 3.33. The molecule has 5 rings (SSSR count). The van der Waals surface area contributed by atoms with Crippen molar-refractivity contribution in [2.24, 2.45) is 0 Å². The summed E-state index contributed by atoms with van der Waals surface area (Å²) < 4.78 is 46.2. The molecule has 0 aliphatic carbocycles. The number of anilines is 1. The lowest BCUT2D eigenvalue weighted by Crippen LogP contribution is -2.34. The van der Waals surface area contributed by atoms with E-state index in [-0.39, 0.29) is 5.75 Å². The van der Waals surface area contributed by atoms with E-state index < -0.39 is 10.1 Å². The summed E-state index contributed by atoms with van der Waals surface area (Å²) in [7, 11) is -2.37. The fourth-order valence-corrected chi connectivity index (χ4v) is 6.72. The predicted molar refractivity (Wildman–Crippen MR) is 158 cm³/mol. The number of aryl methyl sites for hydroxylation is 2. The van der Waals surface area contributed by atoms with Gasteiger partial charge in [0.1, 0.15) is 12.3 Å². The molecule has 0 amide bonds. The average molecular weight is 566 g/mol. The van der Waals surface area contributed by atoms with Crippen LogP contribution in [0.5, 0.6) is 5.75 Å². The van der Waals surface area contributed by atoms with Gasteiger partial charge in [-0.25, -0.2) is 0 Å². The van der Waals surface area contributed by atoms with Crippen LogP contribution in [0, 0.1) is 6.92 Å². The predicted octanol–water partition coefficient (Wildman–Crippen LogP) is 6.74. The second kappa shape index (κ2) is 11.1. The van der Waals surface area contributed by atoms with Crippen molar-refractivity contribution in [1.82, 2.24) is 0 Å². The van der Waals surface area contributed by atoms with Gasteiger partial charge in [-0.15, -0.1) is 0 Å². The van der Waals surface area contributed by atoms with E-state index in [2.05, 4.69) is 65.8 Å². The van der Waals surface area contributed by atoms with E-state index in [1.54, 1.807) is 18.9 Å². The summed E-state index contributed by atoms with van der Waals surface area (Å²) in [6, 6.07) is 16.5. The first kappa shape index (κ1) is 27.3. The van der Waals surface area contributed by atoms with Crippen LogP contribution in [-0.2, 0) is 16.7 Å². The van der Waals surface area contributed by atoms with Crippen LogP contribution in [0.25, 0.3) is 27.9 Å². The maximum atomic E-state index is 11.4. The maximum Gasteiger partial charge on any atom is 0.374 e. The van der Waals surface area contributed by atoms with Crippen molar-refractivity contribution in [2.45, 2.75) is 45.1 Å². The Kier molecular flexibility index (Phi) is 7.75. The van der Waals surface area contributed by atoms with E-state index in [0.717, 1.165) is 67.8 Å². The number of hydrogen-bond donors (Lipinski definition) is 1. The molecule has 7 nitrogen and oxygen atoms in total. The number of nitrogens with zero attached hydrogens (tertiary/aromatic N) is 2. The van der Waals surface area contributed by atoms with E-state index in [9.17, 15) is 13.0 Å². The molecule has 0 unspecified atom stereocenters. The molecule has 0 saturated heterocycles. The molecule has 1 N–H and O–H groups in total. The number of hydrogen-bond acceptors (Lipinski definition) is 6. The first-order valence-electron chi connectivity index (χ1n) is 13.1. The molecular formula is C30H33N2O5S2+. The topological polar surface area (TPSA) is 83.9 Å². The molecule has 0 spiro atoms. The summed E-state index contributed by atoms with van der Waals surface area (Å²) >= 11 is 1.63. The summed E-state index contributed by atoms with van der Waals surface area (Å²) in [6.07, 6.45) is 5.32. The molecule has 1 aliphatic rings. The second-order valence-electron chi connectivity index (χ2n) is 9.56. The quantitative estimate of drug-likeness (QED) is 0.178. The van der Waals surface area contributed by atoms with Gasteiger partial charge in [0, 0.05) is 11.4 Å². The SMILES string of the molecule is CCC(=Cc1oc2ccc3ccccc3c2[n+]1CC)C=C1Sc2cc(OC)c(C)cc2N1CCCS(=O)(=O)O. The van der Waals surface area contributed by atoms with Crippen LogP contribution in [0.1, 0.15) is 38.1 Å². The van der Waals surface area contributed by atoms with Crippen LogP contribution >= 0.6 is 11.8 Å². The second-order valence-corrected chi connectivity index (χ2v) is 12.2. The third kappa shape index (κ3) is 5.57. The van der Waals surface area contributed by atoms with Crippen LogP contribution in [-0.4, -0.2) is 32.4 Å². The molecule has 0 fully saturated rings. The van der Waals surface area contributed by atoms with E-state index in [0.29, 0.717) is 13.0 Å². The zero-order valence-corrected chi connectivity index (χ0v) is 24.2. The van der Waals surface area contributed by atoms with Crippen molar-refractivity contribution in [2.75, 3.05) is 24.3 Å². The zero-order valence-electron chi connectivity index (χ0n) is 22.6. The zero-order chi connectivity index (χ0) is 27.7. The van der Waals surface area contributed by atoms with Crippen molar-refractivity contribution < 1.29 is 26.7 Å². The lowest BCUT2D eigenvalue weighted by atomic mass is 10.1. The standard InChI is InChI=1S/C30H32N2O5S2/c1-5-21(17-28-31(6-2)30-23-11-8-7-10-22(23)12-13-25(30)37-28)18-29-32(14-9-15-39(33,34)35)24-16-20(3)26(36-4)19-27(24)38-29/h7-8,10-13,16-19H,5-6,9,14-15H2,1-4H3/p+1. The minimum Gasteiger partial charge on any atom is -0.496 e. The molecule has 204 valence electrons. The molecule has 2 heterocycles. The number of thioether (sulfide) groups is 1. The molecule has 4 aromatic rings. The molecular weight excluding hydrogens is 532 g/mol.